The fourth-order valence-corrected chi connectivity index (χ4v) is 7.74. The fourth-order valence-electron chi connectivity index (χ4n) is 7.74. The maximum absolute atomic E-state index is 14.3. The highest BCUT2D eigenvalue weighted by Gasteiger charge is 2.36. The van der Waals surface area contributed by atoms with Gasteiger partial charge >= 0.3 is 0 Å². The lowest BCUT2D eigenvalue weighted by atomic mass is 9.97. The van der Waals surface area contributed by atoms with Crippen LogP contribution in [0.25, 0.3) is 11.1 Å². The van der Waals surface area contributed by atoms with Crippen molar-refractivity contribution >= 4 is 5.91 Å². The average Bonchev–Trinajstić information content (AvgIpc) is 3.88. The van der Waals surface area contributed by atoms with Crippen molar-refractivity contribution in [3.05, 3.63) is 130 Å². The molecule has 0 spiro atoms. The molecule has 3 saturated heterocycles. The van der Waals surface area contributed by atoms with E-state index in [1.807, 2.05) is 48.5 Å². The highest BCUT2D eigenvalue weighted by Crippen LogP contribution is 2.39. The Hall–Kier alpha value is -4.20. The largest absolute Gasteiger partial charge is 0.392 e. The van der Waals surface area contributed by atoms with Crippen LogP contribution in [0.4, 0.5) is 22.0 Å². The molecule has 2 N–H and O–H groups in total. The van der Waals surface area contributed by atoms with Gasteiger partial charge in [-0.1, -0.05) is 72.8 Å². The number of hydrogen-bond acceptors (Lipinski definition) is 6. The van der Waals surface area contributed by atoms with Crippen LogP contribution in [0.5, 0.6) is 0 Å². The maximum atomic E-state index is 14.3. The van der Waals surface area contributed by atoms with Crippen molar-refractivity contribution < 1.29 is 41.3 Å². The second kappa shape index (κ2) is 16.4. The Kier molecular flexibility index (Phi) is 11.5. The first-order chi connectivity index (χ1) is 25.7. The first-order valence-electron chi connectivity index (χ1n) is 18.1. The lowest BCUT2D eigenvalue weighted by Gasteiger charge is -2.39. The van der Waals surface area contributed by atoms with E-state index in [1.54, 1.807) is 24.3 Å². The molecule has 280 valence electrons. The predicted octanol–water partition coefficient (Wildman–Crippen LogP) is 7.58. The van der Waals surface area contributed by atoms with Gasteiger partial charge < -0.3 is 24.8 Å². The monoisotopic (exact) mass is 735 g/mol. The molecule has 3 aliphatic rings. The van der Waals surface area contributed by atoms with Gasteiger partial charge in [0.1, 0.15) is 5.56 Å². The number of nitrogens with zero attached hydrogens (tertiary/aromatic N) is 2. The summed E-state index contributed by atoms with van der Waals surface area (Å²) in [4.78, 5) is 17.8. The van der Waals surface area contributed by atoms with Crippen molar-refractivity contribution in [2.45, 2.75) is 69.8 Å². The molecule has 3 aliphatic heterocycles. The number of hydrogen-bond donors (Lipinski definition) is 2. The minimum Gasteiger partial charge on any atom is -0.392 e. The third kappa shape index (κ3) is 8.17. The molecule has 0 unspecified atom stereocenters. The van der Waals surface area contributed by atoms with Crippen LogP contribution in [0, 0.1) is 29.1 Å². The Labute approximate surface area is 305 Å². The van der Waals surface area contributed by atoms with E-state index in [2.05, 4.69) is 15.1 Å². The zero-order valence-corrected chi connectivity index (χ0v) is 29.2. The highest BCUT2D eigenvalue weighted by molar-refractivity contribution is 5.95. The molecular formula is C41H42F5N3O4. The van der Waals surface area contributed by atoms with Crippen LogP contribution in [-0.4, -0.2) is 65.7 Å². The molecule has 7 rings (SSSR count). The quantitative estimate of drug-likeness (QED) is 0.0941. The van der Waals surface area contributed by atoms with E-state index in [-0.39, 0.29) is 25.4 Å². The Morgan fingerprint density at radius 1 is 0.755 bits per heavy atom. The van der Waals surface area contributed by atoms with Gasteiger partial charge in [-0.3, -0.25) is 9.69 Å². The predicted molar refractivity (Wildman–Crippen MR) is 188 cm³/mol. The molecule has 0 bridgehead atoms. The summed E-state index contributed by atoms with van der Waals surface area (Å²) in [5, 5.41) is 11.9. The fraction of sp³-hybridized carbons (Fsp3) is 0.390. The highest BCUT2D eigenvalue weighted by atomic mass is 19.2. The van der Waals surface area contributed by atoms with Gasteiger partial charge in [0, 0.05) is 37.7 Å². The lowest BCUT2D eigenvalue weighted by Crippen LogP contribution is -2.45. The number of carbonyl (C=O) groups excluding carboxylic acids is 1. The summed E-state index contributed by atoms with van der Waals surface area (Å²) in [5.41, 5.74) is 3.12. The summed E-state index contributed by atoms with van der Waals surface area (Å²) in [5.74, 6) is -12.5. The van der Waals surface area contributed by atoms with Crippen molar-refractivity contribution in [3.8, 4) is 11.1 Å². The van der Waals surface area contributed by atoms with Crippen molar-refractivity contribution in [2.24, 2.45) is 0 Å². The first-order valence-corrected chi connectivity index (χ1v) is 18.1. The molecular weight excluding hydrogens is 693 g/mol. The number of aliphatic hydroxyl groups excluding tert-OH is 1. The average molecular weight is 736 g/mol. The van der Waals surface area contributed by atoms with Crippen molar-refractivity contribution in [1.82, 2.24) is 15.1 Å². The smallest absolute Gasteiger partial charge is 0.257 e. The van der Waals surface area contributed by atoms with Crippen molar-refractivity contribution in [1.29, 1.82) is 0 Å². The molecule has 7 nitrogen and oxygen atoms in total. The van der Waals surface area contributed by atoms with E-state index < -0.39 is 46.8 Å². The summed E-state index contributed by atoms with van der Waals surface area (Å²) in [6.45, 7) is 4.97. The third-order valence-corrected chi connectivity index (χ3v) is 10.6. The number of nitrogens with one attached hydrogen (secondary N) is 1. The van der Waals surface area contributed by atoms with E-state index in [0.29, 0.717) is 23.6 Å². The van der Waals surface area contributed by atoms with Crippen molar-refractivity contribution in [3.63, 3.8) is 0 Å². The molecule has 4 aromatic rings. The summed E-state index contributed by atoms with van der Waals surface area (Å²) < 4.78 is 82.8. The minimum atomic E-state index is -2.33. The standard InChI is InChI=1S/C41H42F5N3O4/c42-35-34(36(43)38(45)39(46)37(35)44)40(51)47-21-29-6-1-2-8-32(29)26-13-15-28(16-14-26)41-52-31(20-33(53-41)27-11-9-25(24-50)10-12-27)23-49-19-5-7-30(49)22-48-17-3-4-18-48/h1-2,6,8-16,30-31,33,41,50H,3-5,7,17-24H2,(H,47,51)/t30-,31-,33+,41+/m0/s1. The van der Waals surface area contributed by atoms with Crippen LogP contribution < -0.4 is 5.32 Å². The first kappa shape index (κ1) is 37.1. The zero-order chi connectivity index (χ0) is 37.1. The number of rotatable bonds is 11. The summed E-state index contributed by atoms with van der Waals surface area (Å²) in [6.07, 6.45) is 4.59. The van der Waals surface area contributed by atoms with Gasteiger partial charge in [-0.2, -0.15) is 0 Å². The SMILES string of the molecule is O=C(NCc1ccccc1-c1ccc([C@@H]2O[C@H](CN3CCC[C@H]3CN3CCCC3)C[C@H](c3ccc(CO)cc3)O2)cc1)c1c(F)c(F)c(F)c(F)c1F. The molecule has 4 atom stereocenters. The number of benzene rings is 4. The topological polar surface area (TPSA) is 74.3 Å². The van der Waals surface area contributed by atoms with Gasteiger partial charge in [-0.25, -0.2) is 22.0 Å². The second-order valence-corrected chi connectivity index (χ2v) is 14.1. The molecule has 3 fully saturated rings. The Morgan fingerprint density at radius 3 is 2.11 bits per heavy atom. The molecule has 3 heterocycles. The van der Waals surface area contributed by atoms with Crippen LogP contribution in [0.2, 0.25) is 0 Å². The summed E-state index contributed by atoms with van der Waals surface area (Å²) in [7, 11) is 0. The van der Waals surface area contributed by atoms with Crippen LogP contribution >= 0.6 is 0 Å². The Morgan fingerprint density at radius 2 is 1.42 bits per heavy atom. The number of halogens is 5. The second-order valence-electron chi connectivity index (χ2n) is 14.1. The zero-order valence-electron chi connectivity index (χ0n) is 29.2. The molecule has 1 amide bonds. The molecule has 12 heteroatoms. The number of aliphatic hydroxyl groups is 1. The maximum Gasteiger partial charge on any atom is 0.257 e. The number of likely N-dealkylation sites (tertiary alicyclic amines) is 2. The van der Waals surface area contributed by atoms with Crippen LogP contribution in [0.15, 0.2) is 72.8 Å². The Balaban J connectivity index is 1.08. The Bertz CT molecular complexity index is 1880. The normalized spacial score (nSPS) is 22.4. The van der Waals surface area contributed by atoms with Gasteiger partial charge in [0.15, 0.2) is 29.6 Å². The van der Waals surface area contributed by atoms with Gasteiger partial charge in [0.05, 0.1) is 18.8 Å². The van der Waals surface area contributed by atoms with E-state index in [9.17, 15) is 31.9 Å². The van der Waals surface area contributed by atoms with E-state index in [0.717, 1.165) is 41.9 Å². The molecule has 0 aliphatic carbocycles. The van der Waals surface area contributed by atoms with Gasteiger partial charge in [-0.15, -0.1) is 0 Å². The molecule has 0 aromatic heterocycles. The van der Waals surface area contributed by atoms with E-state index >= 15 is 0 Å². The van der Waals surface area contributed by atoms with Crippen LogP contribution in [0.1, 0.15) is 77.1 Å². The minimum absolute atomic E-state index is 0.0410. The van der Waals surface area contributed by atoms with Crippen LogP contribution in [-0.2, 0) is 22.6 Å². The third-order valence-electron chi connectivity index (χ3n) is 10.6. The molecule has 0 radical (unpaired) electrons. The molecule has 0 saturated carbocycles. The van der Waals surface area contributed by atoms with Gasteiger partial charge in [0.25, 0.3) is 5.91 Å². The van der Waals surface area contributed by atoms with E-state index in [4.69, 9.17) is 9.47 Å². The van der Waals surface area contributed by atoms with Gasteiger partial charge in [-0.05, 0) is 73.1 Å². The van der Waals surface area contributed by atoms with E-state index in [1.165, 1.54) is 38.8 Å². The summed E-state index contributed by atoms with van der Waals surface area (Å²) >= 11 is 0. The summed E-state index contributed by atoms with van der Waals surface area (Å²) in [6, 6.07) is 22.9. The van der Waals surface area contributed by atoms with Crippen molar-refractivity contribution in [2.75, 3.05) is 32.7 Å². The number of ether oxygens (including phenoxy) is 2. The number of carbonyl (C=O) groups is 1. The molecule has 4 aromatic carbocycles. The lowest BCUT2D eigenvalue weighted by molar-refractivity contribution is -0.253. The number of amides is 1. The van der Waals surface area contributed by atoms with Gasteiger partial charge in [0.2, 0.25) is 5.82 Å². The molecule has 53 heavy (non-hydrogen) atoms. The van der Waals surface area contributed by atoms with Crippen LogP contribution in [0.3, 0.4) is 0 Å².